The van der Waals surface area contributed by atoms with Crippen LogP contribution in [0.1, 0.15) is 34.1 Å². The van der Waals surface area contributed by atoms with E-state index >= 15 is 0 Å². The summed E-state index contributed by atoms with van der Waals surface area (Å²) in [4.78, 5) is 27.0. The van der Waals surface area contributed by atoms with Crippen LogP contribution in [0.4, 0.5) is 0 Å². The number of rotatable bonds is 4. The second-order valence-corrected chi connectivity index (χ2v) is 6.72. The summed E-state index contributed by atoms with van der Waals surface area (Å²) in [7, 11) is 0. The van der Waals surface area contributed by atoms with Crippen molar-refractivity contribution in [2.24, 2.45) is 0 Å². The molecule has 1 atom stereocenters. The van der Waals surface area contributed by atoms with Gasteiger partial charge in [-0.15, -0.1) is 0 Å². The third-order valence-corrected chi connectivity index (χ3v) is 4.87. The molecule has 3 rings (SSSR count). The van der Waals surface area contributed by atoms with Crippen LogP contribution in [0.3, 0.4) is 0 Å². The van der Waals surface area contributed by atoms with E-state index in [4.69, 9.17) is 11.6 Å². The quantitative estimate of drug-likeness (QED) is 0.554. The maximum atomic E-state index is 12.3. The number of hydrogen-bond acceptors (Lipinski definition) is 3. The number of H-pyrrole nitrogens is 1. The molecule has 134 valence electrons. The van der Waals surface area contributed by atoms with E-state index in [9.17, 15) is 24.9 Å². The van der Waals surface area contributed by atoms with Crippen molar-refractivity contribution >= 4 is 34.4 Å². The zero-order valence-corrected chi connectivity index (χ0v) is 14.8. The van der Waals surface area contributed by atoms with Crippen LogP contribution in [-0.4, -0.2) is 32.2 Å². The van der Waals surface area contributed by atoms with Gasteiger partial charge in [-0.05, 0) is 49.2 Å². The number of phenols is 1. The SMILES string of the molecule is Cc1[nH]c2cccc(C(C)(C(=O)O)c3cc(O)cc(Cl)c3)c2c1C(=O)O. The number of aromatic nitrogens is 1. The van der Waals surface area contributed by atoms with Crippen molar-refractivity contribution in [2.75, 3.05) is 0 Å². The molecule has 0 saturated carbocycles. The Morgan fingerprint density at radius 2 is 1.85 bits per heavy atom. The van der Waals surface area contributed by atoms with Crippen molar-refractivity contribution in [3.63, 3.8) is 0 Å². The first-order valence-corrected chi connectivity index (χ1v) is 8.12. The molecular weight excluding hydrogens is 358 g/mol. The van der Waals surface area contributed by atoms with Crippen LogP contribution < -0.4 is 0 Å². The number of benzene rings is 2. The van der Waals surface area contributed by atoms with Gasteiger partial charge in [-0.2, -0.15) is 0 Å². The predicted octanol–water partition coefficient (Wildman–Crippen LogP) is 3.92. The molecule has 26 heavy (non-hydrogen) atoms. The lowest BCUT2D eigenvalue weighted by Crippen LogP contribution is -2.34. The van der Waals surface area contributed by atoms with Gasteiger partial charge in [-0.1, -0.05) is 23.7 Å². The number of aryl methyl sites for hydroxylation is 1. The second kappa shape index (κ2) is 6.07. The fourth-order valence-corrected chi connectivity index (χ4v) is 3.55. The Balaban J connectivity index is 2.44. The third kappa shape index (κ3) is 2.59. The molecule has 0 aliphatic rings. The van der Waals surface area contributed by atoms with E-state index < -0.39 is 17.4 Å². The molecule has 1 aromatic heterocycles. The maximum Gasteiger partial charge on any atom is 0.338 e. The lowest BCUT2D eigenvalue weighted by atomic mass is 9.74. The minimum Gasteiger partial charge on any atom is -0.508 e. The fourth-order valence-electron chi connectivity index (χ4n) is 3.32. The van der Waals surface area contributed by atoms with E-state index in [1.807, 2.05) is 0 Å². The smallest absolute Gasteiger partial charge is 0.338 e. The first kappa shape index (κ1) is 17.8. The summed E-state index contributed by atoms with van der Waals surface area (Å²) in [5.41, 5.74) is -0.100. The Bertz CT molecular complexity index is 1040. The van der Waals surface area contributed by atoms with E-state index in [0.717, 1.165) is 0 Å². The predicted molar refractivity (Wildman–Crippen MR) is 97.2 cm³/mol. The lowest BCUT2D eigenvalue weighted by molar-refractivity contribution is -0.141. The number of aromatic hydroxyl groups is 1. The summed E-state index contributed by atoms with van der Waals surface area (Å²) in [5, 5.41) is 30.0. The third-order valence-electron chi connectivity index (χ3n) is 4.65. The standard InChI is InChI=1S/C19H16ClNO5/c1-9-15(17(23)24)16-13(4-3-5-14(16)21-9)19(2,18(25)26)10-6-11(20)8-12(22)7-10/h3-8,21-22H,1-2H3,(H,23,24)(H,25,26). The molecule has 3 aromatic rings. The van der Waals surface area contributed by atoms with Gasteiger partial charge in [0.15, 0.2) is 0 Å². The minimum absolute atomic E-state index is 0.0225. The number of halogens is 1. The van der Waals surface area contributed by atoms with Crippen LogP contribution in [0.5, 0.6) is 5.75 Å². The van der Waals surface area contributed by atoms with E-state index in [0.29, 0.717) is 22.2 Å². The number of carboxylic acid groups (broad SMARTS) is 2. The molecule has 0 aliphatic carbocycles. The highest BCUT2D eigenvalue weighted by atomic mass is 35.5. The highest BCUT2D eigenvalue weighted by molar-refractivity contribution is 6.30. The van der Waals surface area contributed by atoms with Crippen molar-refractivity contribution in [3.8, 4) is 5.75 Å². The number of hydrogen-bond donors (Lipinski definition) is 4. The largest absolute Gasteiger partial charge is 0.508 e. The summed E-state index contributed by atoms with van der Waals surface area (Å²) in [5.74, 6) is -2.51. The second-order valence-electron chi connectivity index (χ2n) is 6.29. The van der Waals surface area contributed by atoms with E-state index in [1.54, 1.807) is 25.1 Å². The number of aliphatic carboxylic acids is 1. The monoisotopic (exact) mass is 373 g/mol. The van der Waals surface area contributed by atoms with Gasteiger partial charge in [-0.3, -0.25) is 4.79 Å². The molecule has 1 unspecified atom stereocenters. The Morgan fingerprint density at radius 3 is 2.42 bits per heavy atom. The molecule has 0 amide bonds. The Labute approximate surface area is 153 Å². The normalized spacial score (nSPS) is 13.5. The fraction of sp³-hybridized carbons (Fsp3) is 0.158. The van der Waals surface area contributed by atoms with Crippen molar-refractivity contribution in [1.82, 2.24) is 4.98 Å². The number of carboxylic acids is 2. The zero-order valence-electron chi connectivity index (χ0n) is 14.0. The van der Waals surface area contributed by atoms with Crippen molar-refractivity contribution in [3.05, 3.63) is 63.8 Å². The van der Waals surface area contributed by atoms with E-state index in [1.165, 1.54) is 25.1 Å². The summed E-state index contributed by atoms with van der Waals surface area (Å²) in [6.07, 6.45) is 0. The van der Waals surface area contributed by atoms with E-state index in [2.05, 4.69) is 4.98 Å². The molecule has 2 aromatic carbocycles. The van der Waals surface area contributed by atoms with Gasteiger partial charge < -0.3 is 20.3 Å². The van der Waals surface area contributed by atoms with Gasteiger partial charge in [0.05, 0.1) is 5.56 Å². The first-order chi connectivity index (χ1) is 12.2. The number of carbonyl (C=O) groups is 2. The van der Waals surface area contributed by atoms with Gasteiger partial charge in [0.1, 0.15) is 11.2 Å². The summed E-state index contributed by atoms with van der Waals surface area (Å²) >= 11 is 6.00. The Hall–Kier alpha value is -2.99. The number of aromatic carboxylic acids is 1. The Kier molecular flexibility index (Phi) is 4.16. The topological polar surface area (TPSA) is 111 Å². The Morgan fingerprint density at radius 1 is 1.15 bits per heavy atom. The lowest BCUT2D eigenvalue weighted by Gasteiger charge is -2.27. The van der Waals surface area contributed by atoms with Gasteiger partial charge in [0, 0.05) is 21.6 Å². The van der Waals surface area contributed by atoms with Crippen molar-refractivity contribution < 1.29 is 24.9 Å². The molecule has 1 heterocycles. The van der Waals surface area contributed by atoms with Crippen LogP contribution in [0.15, 0.2) is 36.4 Å². The molecular formula is C19H16ClNO5. The molecule has 0 spiro atoms. The average molecular weight is 374 g/mol. The minimum atomic E-state index is -1.62. The van der Waals surface area contributed by atoms with Crippen LogP contribution in [0.25, 0.3) is 10.9 Å². The van der Waals surface area contributed by atoms with Gasteiger partial charge in [0.25, 0.3) is 0 Å². The molecule has 4 N–H and O–H groups in total. The molecule has 7 heteroatoms. The molecule has 0 saturated heterocycles. The van der Waals surface area contributed by atoms with Crippen molar-refractivity contribution in [1.29, 1.82) is 0 Å². The van der Waals surface area contributed by atoms with Crippen LogP contribution in [0.2, 0.25) is 5.02 Å². The molecule has 0 fully saturated rings. The molecule has 0 aliphatic heterocycles. The zero-order chi connectivity index (χ0) is 19.2. The summed E-state index contributed by atoms with van der Waals surface area (Å²) in [6, 6.07) is 9.00. The van der Waals surface area contributed by atoms with Gasteiger partial charge >= 0.3 is 11.9 Å². The molecule has 0 radical (unpaired) electrons. The van der Waals surface area contributed by atoms with Crippen molar-refractivity contribution in [2.45, 2.75) is 19.3 Å². The van der Waals surface area contributed by atoms with Crippen LogP contribution >= 0.6 is 11.6 Å². The van der Waals surface area contributed by atoms with Gasteiger partial charge in [-0.25, -0.2) is 4.79 Å². The average Bonchev–Trinajstić information content (AvgIpc) is 2.88. The number of nitrogens with one attached hydrogen (secondary N) is 1. The summed E-state index contributed by atoms with van der Waals surface area (Å²) in [6.45, 7) is 3.08. The maximum absolute atomic E-state index is 12.3. The number of aromatic amines is 1. The highest BCUT2D eigenvalue weighted by Crippen LogP contribution is 2.40. The summed E-state index contributed by atoms with van der Waals surface area (Å²) < 4.78 is 0. The van der Waals surface area contributed by atoms with E-state index in [-0.39, 0.29) is 21.9 Å². The number of fused-ring (bicyclic) bond motifs is 1. The van der Waals surface area contributed by atoms with Crippen LogP contribution in [0, 0.1) is 6.92 Å². The van der Waals surface area contributed by atoms with Crippen LogP contribution in [-0.2, 0) is 10.2 Å². The molecule has 6 nitrogen and oxygen atoms in total. The first-order valence-electron chi connectivity index (χ1n) is 7.74. The highest BCUT2D eigenvalue weighted by Gasteiger charge is 2.40. The molecule has 0 bridgehead atoms. The van der Waals surface area contributed by atoms with Gasteiger partial charge in [0.2, 0.25) is 0 Å². The number of phenolic OH excluding ortho intramolecular Hbond substituents is 1.